The monoisotopic (exact) mass is 394 g/mol. The lowest BCUT2D eigenvalue weighted by atomic mass is 10.0. The molecule has 0 fully saturated rings. The van der Waals surface area contributed by atoms with Gasteiger partial charge in [0.15, 0.2) is 0 Å². The van der Waals surface area contributed by atoms with Crippen LogP contribution in [0.5, 0.6) is 0 Å². The third-order valence-electron chi connectivity index (χ3n) is 5.41. The van der Waals surface area contributed by atoms with Crippen LogP contribution in [0.1, 0.15) is 55.0 Å². The Balaban J connectivity index is 2.28. The van der Waals surface area contributed by atoms with Crippen molar-refractivity contribution in [1.29, 1.82) is 0 Å². The summed E-state index contributed by atoms with van der Waals surface area (Å²) in [7, 11) is 0. The predicted octanol–water partition coefficient (Wildman–Crippen LogP) is 4.49. The number of rotatable bonds is 8. The Hall–Kier alpha value is -2.62. The summed E-state index contributed by atoms with van der Waals surface area (Å²) in [6.07, 6.45) is 1.14. The summed E-state index contributed by atoms with van der Waals surface area (Å²) < 4.78 is 0. The molecule has 2 rings (SSSR count). The van der Waals surface area contributed by atoms with Crippen LogP contribution in [0, 0.1) is 20.8 Å². The smallest absolute Gasteiger partial charge is 0.242 e. The van der Waals surface area contributed by atoms with Crippen LogP contribution in [0.4, 0.5) is 0 Å². The van der Waals surface area contributed by atoms with Crippen LogP contribution in [0.15, 0.2) is 42.5 Å². The minimum Gasteiger partial charge on any atom is -0.352 e. The van der Waals surface area contributed by atoms with Crippen molar-refractivity contribution in [3.05, 3.63) is 70.3 Å². The summed E-state index contributed by atoms with van der Waals surface area (Å²) in [5.74, 6) is -0.147. The van der Waals surface area contributed by atoms with E-state index in [0.29, 0.717) is 6.54 Å². The number of carbonyl (C=O) groups is 2. The van der Waals surface area contributed by atoms with Gasteiger partial charge >= 0.3 is 0 Å². The molecule has 0 aromatic heterocycles. The van der Waals surface area contributed by atoms with Crippen molar-refractivity contribution >= 4 is 11.8 Å². The molecule has 0 saturated carbocycles. The molecule has 2 aromatic carbocycles. The molecule has 0 aliphatic heterocycles. The van der Waals surface area contributed by atoms with Crippen molar-refractivity contribution in [2.75, 3.05) is 0 Å². The maximum absolute atomic E-state index is 13.3. The highest BCUT2D eigenvalue weighted by molar-refractivity contribution is 5.88. The fraction of sp³-hybridized carbons (Fsp3) is 0.440. The summed E-state index contributed by atoms with van der Waals surface area (Å²) in [5, 5.41) is 3.01. The van der Waals surface area contributed by atoms with Crippen molar-refractivity contribution in [3.8, 4) is 0 Å². The minimum absolute atomic E-state index is 0.0370. The molecular formula is C25H34N2O2. The number of carbonyl (C=O) groups excluding carboxylic acids is 2. The summed E-state index contributed by atoms with van der Waals surface area (Å²) in [6.45, 7) is 12.4. The van der Waals surface area contributed by atoms with E-state index in [1.54, 1.807) is 4.90 Å². The highest BCUT2D eigenvalue weighted by Crippen LogP contribution is 2.17. The lowest BCUT2D eigenvalue weighted by Gasteiger charge is -2.30. The van der Waals surface area contributed by atoms with E-state index in [2.05, 4.69) is 11.4 Å². The maximum atomic E-state index is 13.3. The molecule has 2 aromatic rings. The summed E-state index contributed by atoms with van der Waals surface area (Å²) in [6, 6.07) is 13.7. The molecule has 0 spiro atoms. The molecule has 4 heteroatoms. The first-order valence-electron chi connectivity index (χ1n) is 10.4. The molecule has 0 unspecified atom stereocenters. The molecule has 2 atom stereocenters. The van der Waals surface area contributed by atoms with Crippen molar-refractivity contribution in [2.24, 2.45) is 0 Å². The van der Waals surface area contributed by atoms with Gasteiger partial charge in [-0.25, -0.2) is 0 Å². The summed E-state index contributed by atoms with van der Waals surface area (Å²) in [5.41, 5.74) is 5.44. The van der Waals surface area contributed by atoms with Gasteiger partial charge in [0.2, 0.25) is 11.8 Å². The van der Waals surface area contributed by atoms with Gasteiger partial charge < -0.3 is 10.2 Å². The van der Waals surface area contributed by atoms with Gasteiger partial charge in [0.1, 0.15) is 6.04 Å². The van der Waals surface area contributed by atoms with Crippen molar-refractivity contribution in [3.63, 3.8) is 0 Å². The number of benzene rings is 2. The largest absolute Gasteiger partial charge is 0.352 e. The molecular weight excluding hydrogens is 360 g/mol. The molecule has 0 aliphatic carbocycles. The van der Waals surface area contributed by atoms with Gasteiger partial charge in [-0.1, -0.05) is 60.5 Å². The number of aryl methyl sites for hydroxylation is 3. The van der Waals surface area contributed by atoms with E-state index < -0.39 is 6.04 Å². The average Bonchev–Trinajstić information content (AvgIpc) is 2.65. The Labute approximate surface area is 175 Å². The van der Waals surface area contributed by atoms with E-state index in [-0.39, 0.29) is 24.3 Å². The zero-order valence-electron chi connectivity index (χ0n) is 18.6. The molecule has 0 saturated heterocycles. The fourth-order valence-corrected chi connectivity index (χ4v) is 3.47. The summed E-state index contributed by atoms with van der Waals surface area (Å²) >= 11 is 0. The second-order valence-electron chi connectivity index (χ2n) is 8.11. The summed E-state index contributed by atoms with van der Waals surface area (Å²) in [4.78, 5) is 27.8. The van der Waals surface area contributed by atoms with E-state index in [0.717, 1.165) is 34.2 Å². The van der Waals surface area contributed by atoms with Gasteiger partial charge in [-0.2, -0.15) is 0 Å². The predicted molar refractivity (Wildman–Crippen MR) is 119 cm³/mol. The van der Waals surface area contributed by atoms with E-state index in [1.807, 2.05) is 77.9 Å². The number of nitrogens with zero attached hydrogens (tertiary/aromatic N) is 1. The second kappa shape index (κ2) is 10.2. The lowest BCUT2D eigenvalue weighted by Crippen LogP contribution is -2.50. The first kappa shape index (κ1) is 22.7. The quantitative estimate of drug-likeness (QED) is 0.717. The molecule has 29 heavy (non-hydrogen) atoms. The first-order chi connectivity index (χ1) is 13.7. The van der Waals surface area contributed by atoms with E-state index in [4.69, 9.17) is 0 Å². The molecule has 4 nitrogen and oxygen atoms in total. The molecule has 0 aliphatic rings. The second-order valence-corrected chi connectivity index (χ2v) is 8.11. The Bertz CT molecular complexity index is 839. The molecule has 0 bridgehead atoms. The molecule has 0 radical (unpaired) electrons. The standard InChI is InChI=1S/C25H34N2O2/c1-7-20(5)26-25(29)21(6)27(16-23-11-9-8-10-19(23)4)24(28)15-22-13-17(2)12-18(3)14-22/h8-14,20-21H,7,15-16H2,1-6H3,(H,26,29)/t20-,21+/m1/s1. The molecule has 156 valence electrons. The van der Waals surface area contributed by atoms with Crippen LogP contribution in [-0.4, -0.2) is 28.8 Å². The SMILES string of the molecule is CC[C@@H](C)NC(=O)[C@H](C)N(Cc1ccccc1C)C(=O)Cc1cc(C)cc(C)c1. The first-order valence-corrected chi connectivity index (χ1v) is 10.4. The Morgan fingerprint density at radius 1 is 1.00 bits per heavy atom. The third kappa shape index (κ3) is 6.45. The van der Waals surface area contributed by atoms with E-state index >= 15 is 0 Å². The fourth-order valence-electron chi connectivity index (χ4n) is 3.47. The highest BCUT2D eigenvalue weighted by atomic mass is 16.2. The Morgan fingerprint density at radius 2 is 1.62 bits per heavy atom. The zero-order chi connectivity index (χ0) is 21.6. The van der Waals surface area contributed by atoms with Crippen molar-refractivity contribution in [1.82, 2.24) is 10.2 Å². The van der Waals surface area contributed by atoms with Gasteiger partial charge in [0.25, 0.3) is 0 Å². The molecule has 0 heterocycles. The van der Waals surface area contributed by atoms with Crippen LogP contribution < -0.4 is 5.32 Å². The third-order valence-corrected chi connectivity index (χ3v) is 5.41. The highest BCUT2D eigenvalue weighted by Gasteiger charge is 2.27. The van der Waals surface area contributed by atoms with Gasteiger partial charge in [0, 0.05) is 12.6 Å². The van der Waals surface area contributed by atoms with Crippen LogP contribution in [-0.2, 0) is 22.6 Å². The van der Waals surface area contributed by atoms with Crippen LogP contribution >= 0.6 is 0 Å². The topological polar surface area (TPSA) is 49.4 Å². The van der Waals surface area contributed by atoms with E-state index in [1.165, 1.54) is 0 Å². The van der Waals surface area contributed by atoms with Gasteiger partial charge in [-0.05, 0) is 57.7 Å². The van der Waals surface area contributed by atoms with Crippen molar-refractivity contribution < 1.29 is 9.59 Å². The normalized spacial score (nSPS) is 12.9. The minimum atomic E-state index is -0.540. The van der Waals surface area contributed by atoms with Gasteiger partial charge in [-0.15, -0.1) is 0 Å². The van der Waals surface area contributed by atoms with Gasteiger partial charge in [-0.3, -0.25) is 9.59 Å². The lowest BCUT2D eigenvalue weighted by molar-refractivity contribution is -0.140. The number of hydrogen-bond donors (Lipinski definition) is 1. The zero-order valence-corrected chi connectivity index (χ0v) is 18.6. The van der Waals surface area contributed by atoms with Crippen LogP contribution in [0.2, 0.25) is 0 Å². The van der Waals surface area contributed by atoms with Gasteiger partial charge in [0.05, 0.1) is 6.42 Å². The van der Waals surface area contributed by atoms with Crippen molar-refractivity contribution in [2.45, 2.75) is 73.0 Å². The average molecular weight is 395 g/mol. The van der Waals surface area contributed by atoms with Crippen LogP contribution in [0.3, 0.4) is 0 Å². The Morgan fingerprint density at radius 3 is 2.21 bits per heavy atom. The van der Waals surface area contributed by atoms with Crippen LogP contribution in [0.25, 0.3) is 0 Å². The Kier molecular flexibility index (Phi) is 8.00. The van der Waals surface area contributed by atoms with E-state index in [9.17, 15) is 9.59 Å². The number of hydrogen-bond acceptors (Lipinski definition) is 2. The molecule has 2 amide bonds. The molecule has 1 N–H and O–H groups in total. The number of nitrogens with one attached hydrogen (secondary N) is 1. The number of amides is 2. The maximum Gasteiger partial charge on any atom is 0.242 e.